The Bertz CT molecular complexity index is 347. The van der Waals surface area contributed by atoms with Crippen LogP contribution < -0.4 is 5.32 Å². The molecule has 1 fully saturated rings. The average molecular weight is 357 g/mol. The third-order valence-corrected chi connectivity index (χ3v) is 4.62. The Morgan fingerprint density at radius 1 is 1.22 bits per heavy atom. The van der Waals surface area contributed by atoms with E-state index in [-0.39, 0.29) is 0 Å². The molecular formula is C16H24IN. The number of halogens is 1. The van der Waals surface area contributed by atoms with Gasteiger partial charge in [0.15, 0.2) is 0 Å². The van der Waals surface area contributed by atoms with Crippen molar-refractivity contribution in [3.05, 3.63) is 33.4 Å². The monoisotopic (exact) mass is 357 g/mol. The summed E-state index contributed by atoms with van der Waals surface area (Å²) in [5.41, 5.74) is 1.51. The molecular weight excluding hydrogens is 333 g/mol. The molecule has 2 rings (SSSR count). The van der Waals surface area contributed by atoms with Gasteiger partial charge in [-0.25, -0.2) is 0 Å². The Labute approximate surface area is 125 Å². The molecule has 18 heavy (non-hydrogen) atoms. The van der Waals surface area contributed by atoms with Gasteiger partial charge in [-0.1, -0.05) is 31.9 Å². The van der Waals surface area contributed by atoms with Crippen LogP contribution in [0.25, 0.3) is 0 Å². The van der Waals surface area contributed by atoms with Crippen molar-refractivity contribution in [2.75, 3.05) is 6.54 Å². The Balaban J connectivity index is 1.83. The Morgan fingerprint density at radius 2 is 2.00 bits per heavy atom. The molecule has 0 heterocycles. The highest BCUT2D eigenvalue weighted by Gasteiger charge is 2.21. The zero-order chi connectivity index (χ0) is 12.8. The maximum atomic E-state index is 3.69. The van der Waals surface area contributed by atoms with Crippen LogP contribution in [0, 0.1) is 9.49 Å². The van der Waals surface area contributed by atoms with Crippen molar-refractivity contribution in [3.63, 3.8) is 0 Å². The van der Waals surface area contributed by atoms with Gasteiger partial charge in [-0.3, -0.25) is 0 Å². The minimum absolute atomic E-state index is 0.771. The van der Waals surface area contributed by atoms with Crippen molar-refractivity contribution in [2.24, 2.45) is 5.92 Å². The van der Waals surface area contributed by atoms with E-state index in [0.29, 0.717) is 0 Å². The molecule has 1 aliphatic carbocycles. The molecule has 0 bridgehead atoms. The van der Waals surface area contributed by atoms with E-state index in [1.165, 1.54) is 54.2 Å². The molecule has 0 aliphatic heterocycles. The molecule has 0 radical (unpaired) electrons. The summed E-state index contributed by atoms with van der Waals surface area (Å²) in [7, 11) is 0. The van der Waals surface area contributed by atoms with E-state index >= 15 is 0 Å². The van der Waals surface area contributed by atoms with Gasteiger partial charge in [0.2, 0.25) is 0 Å². The molecule has 1 saturated carbocycles. The predicted molar refractivity (Wildman–Crippen MR) is 86.9 cm³/mol. The van der Waals surface area contributed by atoms with Gasteiger partial charge in [0, 0.05) is 9.61 Å². The smallest absolute Gasteiger partial charge is 0.0130 e. The first-order chi connectivity index (χ1) is 8.78. The van der Waals surface area contributed by atoms with Gasteiger partial charge in [-0.2, -0.15) is 0 Å². The minimum Gasteiger partial charge on any atom is -0.314 e. The van der Waals surface area contributed by atoms with Gasteiger partial charge in [0.05, 0.1) is 0 Å². The lowest BCUT2D eigenvalue weighted by Gasteiger charge is -2.30. The van der Waals surface area contributed by atoms with E-state index in [0.717, 1.165) is 12.0 Å². The maximum absolute atomic E-state index is 3.69. The fourth-order valence-electron chi connectivity index (χ4n) is 2.96. The molecule has 1 N–H and O–H groups in total. The lowest BCUT2D eigenvalue weighted by molar-refractivity contribution is 0.284. The van der Waals surface area contributed by atoms with Crippen LogP contribution in [0.2, 0.25) is 0 Å². The van der Waals surface area contributed by atoms with Crippen molar-refractivity contribution in [1.29, 1.82) is 0 Å². The first-order valence-corrected chi connectivity index (χ1v) is 8.33. The highest BCUT2D eigenvalue weighted by atomic mass is 127. The number of hydrogen-bond donors (Lipinski definition) is 1. The number of nitrogens with one attached hydrogen (secondary N) is 1. The largest absolute Gasteiger partial charge is 0.314 e. The van der Waals surface area contributed by atoms with E-state index in [9.17, 15) is 0 Å². The summed E-state index contributed by atoms with van der Waals surface area (Å²) >= 11 is 2.38. The van der Waals surface area contributed by atoms with Gasteiger partial charge < -0.3 is 5.32 Å². The molecule has 1 aliphatic rings. The third kappa shape index (κ3) is 4.54. The highest BCUT2D eigenvalue weighted by molar-refractivity contribution is 14.1. The lowest BCUT2D eigenvalue weighted by atomic mass is 9.82. The summed E-state index contributed by atoms with van der Waals surface area (Å²) in [5.74, 6) is 0.883. The molecule has 0 aromatic heterocycles. The summed E-state index contributed by atoms with van der Waals surface area (Å²) in [6, 6.07) is 9.82. The summed E-state index contributed by atoms with van der Waals surface area (Å²) in [4.78, 5) is 0. The van der Waals surface area contributed by atoms with Gasteiger partial charge in [-0.05, 0) is 78.4 Å². The van der Waals surface area contributed by atoms with Crippen molar-refractivity contribution in [1.82, 2.24) is 5.32 Å². The molecule has 1 aromatic rings. The topological polar surface area (TPSA) is 12.0 Å². The second kappa shape index (κ2) is 7.49. The normalized spacial score (nSPS) is 24.1. The lowest BCUT2D eigenvalue weighted by Crippen LogP contribution is -2.35. The highest BCUT2D eigenvalue weighted by Crippen LogP contribution is 2.27. The van der Waals surface area contributed by atoms with Crippen LogP contribution >= 0.6 is 22.6 Å². The van der Waals surface area contributed by atoms with Gasteiger partial charge in [-0.15, -0.1) is 0 Å². The maximum Gasteiger partial charge on any atom is 0.0130 e. The van der Waals surface area contributed by atoms with Crippen LogP contribution in [0.15, 0.2) is 24.3 Å². The van der Waals surface area contributed by atoms with E-state index in [1.807, 2.05) is 0 Å². The molecule has 2 atom stereocenters. The summed E-state index contributed by atoms with van der Waals surface area (Å²) in [6.45, 7) is 3.43. The van der Waals surface area contributed by atoms with Gasteiger partial charge in [0.1, 0.15) is 0 Å². The van der Waals surface area contributed by atoms with Crippen LogP contribution in [0.5, 0.6) is 0 Å². The first-order valence-electron chi connectivity index (χ1n) is 7.25. The van der Waals surface area contributed by atoms with E-state index in [2.05, 4.69) is 59.1 Å². The van der Waals surface area contributed by atoms with Crippen molar-refractivity contribution in [3.8, 4) is 0 Å². The van der Waals surface area contributed by atoms with Crippen molar-refractivity contribution in [2.45, 2.75) is 51.5 Å². The van der Waals surface area contributed by atoms with Crippen LogP contribution in [-0.4, -0.2) is 12.6 Å². The van der Waals surface area contributed by atoms with Crippen LogP contribution in [0.4, 0.5) is 0 Å². The van der Waals surface area contributed by atoms with Crippen molar-refractivity contribution < 1.29 is 0 Å². The SMILES string of the molecule is CCCNC1CCCC(Cc2ccc(I)cc2)C1. The summed E-state index contributed by atoms with van der Waals surface area (Å²) in [5, 5.41) is 3.69. The second-order valence-electron chi connectivity index (χ2n) is 5.51. The molecule has 0 spiro atoms. The number of rotatable bonds is 5. The van der Waals surface area contributed by atoms with Crippen LogP contribution in [0.3, 0.4) is 0 Å². The fraction of sp³-hybridized carbons (Fsp3) is 0.625. The second-order valence-corrected chi connectivity index (χ2v) is 6.76. The number of benzene rings is 1. The van der Waals surface area contributed by atoms with Gasteiger partial charge >= 0.3 is 0 Å². The predicted octanol–water partition coefficient (Wildman–Crippen LogP) is 4.39. The molecule has 1 aromatic carbocycles. The Hall–Kier alpha value is -0.0900. The zero-order valence-corrected chi connectivity index (χ0v) is 13.4. The minimum atomic E-state index is 0.771. The van der Waals surface area contributed by atoms with E-state index < -0.39 is 0 Å². The quantitative estimate of drug-likeness (QED) is 0.771. The molecule has 0 saturated heterocycles. The standard InChI is InChI=1S/C16H24IN/c1-2-10-18-16-5-3-4-14(12-16)11-13-6-8-15(17)9-7-13/h6-9,14,16,18H,2-5,10-12H2,1H3. The van der Waals surface area contributed by atoms with E-state index in [4.69, 9.17) is 0 Å². The Morgan fingerprint density at radius 3 is 2.72 bits per heavy atom. The molecule has 2 unspecified atom stereocenters. The Kier molecular flexibility index (Phi) is 5.96. The first kappa shape index (κ1) is 14.3. The van der Waals surface area contributed by atoms with Crippen molar-refractivity contribution >= 4 is 22.6 Å². The van der Waals surface area contributed by atoms with Crippen LogP contribution in [0.1, 0.15) is 44.6 Å². The number of hydrogen-bond acceptors (Lipinski definition) is 1. The van der Waals surface area contributed by atoms with Gasteiger partial charge in [0.25, 0.3) is 0 Å². The molecule has 100 valence electrons. The molecule has 1 nitrogen and oxygen atoms in total. The molecule has 2 heteroatoms. The summed E-state index contributed by atoms with van der Waals surface area (Å²) < 4.78 is 1.34. The fourth-order valence-corrected chi connectivity index (χ4v) is 3.32. The van der Waals surface area contributed by atoms with Crippen LogP contribution in [-0.2, 0) is 6.42 Å². The average Bonchev–Trinajstić information content (AvgIpc) is 2.40. The van der Waals surface area contributed by atoms with E-state index in [1.54, 1.807) is 0 Å². The third-order valence-electron chi connectivity index (χ3n) is 3.90. The molecule has 0 amide bonds. The summed E-state index contributed by atoms with van der Waals surface area (Å²) in [6.07, 6.45) is 8.07. The zero-order valence-electron chi connectivity index (χ0n) is 11.3.